The predicted octanol–water partition coefficient (Wildman–Crippen LogP) is -8.25. The van der Waals surface area contributed by atoms with Gasteiger partial charge in [0, 0.05) is 6.54 Å². The Kier molecular flexibility index (Phi) is 10.2. The molecule has 0 spiro atoms. The minimum Gasteiger partial charge on any atom is -0.394 e. The average molecular weight is 507 g/mol. The van der Waals surface area contributed by atoms with Gasteiger partial charge >= 0.3 is 0 Å². The Morgan fingerprint density at radius 1 is 1.14 bits per heavy atom. The lowest BCUT2D eigenvalue weighted by Crippen LogP contribution is -2.68. The molecule has 0 bridgehead atoms. The number of guanidine groups is 1. The molecule has 0 aromatic rings. The summed E-state index contributed by atoms with van der Waals surface area (Å²) in [5, 5.41) is 84.2. The van der Waals surface area contributed by atoms with E-state index in [2.05, 4.69) is 16.0 Å². The SMILES string of the molecule is N=C1NCC(C(O)[C@@H](NC(=O)[C@@H](N)CO)C(=O)N[C@H]([C]=O)CO)N1[C@H]1O[C@H](CO)[C@@H](O)[C@H](O)[C@@H]1O. The van der Waals surface area contributed by atoms with E-state index in [9.17, 15) is 39.9 Å². The number of aliphatic hydroxyl groups is 7. The normalized spacial score (nSPS) is 32.2. The van der Waals surface area contributed by atoms with E-state index >= 15 is 0 Å². The van der Waals surface area contributed by atoms with Gasteiger partial charge in [0.2, 0.25) is 18.1 Å². The van der Waals surface area contributed by atoms with Crippen LogP contribution >= 0.6 is 0 Å². The van der Waals surface area contributed by atoms with E-state index in [-0.39, 0.29) is 6.54 Å². The Labute approximate surface area is 199 Å². The van der Waals surface area contributed by atoms with Crippen LogP contribution in [-0.4, -0.2) is 152 Å². The Hall–Kier alpha value is -2.48. The maximum atomic E-state index is 12.8. The first kappa shape index (κ1) is 28.8. The highest BCUT2D eigenvalue weighted by molar-refractivity contribution is 5.91. The quantitative estimate of drug-likeness (QED) is 0.124. The third-order valence-electron chi connectivity index (χ3n) is 5.73. The van der Waals surface area contributed by atoms with E-state index in [1.807, 2.05) is 0 Å². The van der Waals surface area contributed by atoms with Crippen LogP contribution in [0.3, 0.4) is 0 Å². The van der Waals surface area contributed by atoms with Gasteiger partial charge in [0.1, 0.15) is 48.6 Å². The highest BCUT2D eigenvalue weighted by Crippen LogP contribution is 2.28. The summed E-state index contributed by atoms with van der Waals surface area (Å²) in [6, 6.07) is -6.13. The van der Waals surface area contributed by atoms with Crippen molar-refractivity contribution in [3.8, 4) is 0 Å². The van der Waals surface area contributed by atoms with Gasteiger partial charge in [0.15, 0.2) is 12.2 Å². The standard InChI is InChI=1S/C18H31N6O11/c19-7(4-27)15(33)23-10(16(34)22-6(2-25)3-26)11(29)8-1-21-18(20)24(8)17-14(32)13(31)12(30)9(5-28)35-17/h6-14,17,25,27-32H,1-2,4-5,19H2,(H2,20,21)(H,22,34)(H,23,33)/t6-,7-,8?,9+,10+,11?,12+,13-,14-,17-/m0/s1. The summed E-state index contributed by atoms with van der Waals surface area (Å²) in [6.45, 7) is -2.63. The second-order valence-electron chi connectivity index (χ2n) is 8.05. The Bertz CT molecular complexity index is 773. The molecule has 1 radical (unpaired) electrons. The largest absolute Gasteiger partial charge is 0.394 e. The van der Waals surface area contributed by atoms with Crippen LogP contribution in [0.5, 0.6) is 0 Å². The molecule has 2 amide bonds. The number of ether oxygens (including phenoxy) is 1. The molecular formula is C18H31N6O11. The van der Waals surface area contributed by atoms with E-state index < -0.39 is 98.5 Å². The number of nitrogens with one attached hydrogen (secondary N) is 4. The van der Waals surface area contributed by atoms with Crippen LogP contribution in [0.4, 0.5) is 0 Å². The number of amides is 2. The van der Waals surface area contributed by atoms with E-state index in [0.29, 0.717) is 0 Å². The van der Waals surface area contributed by atoms with Crippen LogP contribution in [0.2, 0.25) is 0 Å². The number of hydrogen-bond acceptors (Lipinski definition) is 13. The number of aliphatic hydroxyl groups excluding tert-OH is 7. The summed E-state index contributed by atoms with van der Waals surface area (Å²) in [4.78, 5) is 36.9. The van der Waals surface area contributed by atoms with Crippen molar-refractivity contribution in [2.24, 2.45) is 5.73 Å². The zero-order valence-electron chi connectivity index (χ0n) is 18.4. The number of hydrogen-bond donors (Lipinski definition) is 12. The summed E-state index contributed by atoms with van der Waals surface area (Å²) < 4.78 is 5.44. The first-order valence-corrected chi connectivity index (χ1v) is 10.6. The van der Waals surface area contributed by atoms with Crippen molar-refractivity contribution < 1.29 is 54.9 Å². The minimum atomic E-state index is -1.89. The van der Waals surface area contributed by atoms with Crippen LogP contribution in [0.15, 0.2) is 0 Å². The van der Waals surface area contributed by atoms with Crippen molar-refractivity contribution in [3.63, 3.8) is 0 Å². The van der Waals surface area contributed by atoms with Crippen molar-refractivity contribution in [2.75, 3.05) is 26.4 Å². The van der Waals surface area contributed by atoms with Crippen LogP contribution in [0.25, 0.3) is 0 Å². The van der Waals surface area contributed by atoms with Crippen molar-refractivity contribution in [1.29, 1.82) is 5.41 Å². The van der Waals surface area contributed by atoms with Gasteiger partial charge in [-0.05, 0) is 0 Å². The number of rotatable bonds is 11. The second kappa shape index (κ2) is 12.5. The Morgan fingerprint density at radius 2 is 1.80 bits per heavy atom. The zero-order chi connectivity index (χ0) is 26.4. The molecule has 17 nitrogen and oxygen atoms in total. The molecule has 0 aliphatic carbocycles. The van der Waals surface area contributed by atoms with Crippen molar-refractivity contribution in [2.45, 2.75) is 60.9 Å². The molecule has 13 N–H and O–H groups in total. The summed E-state index contributed by atoms with van der Waals surface area (Å²) in [7, 11) is 0. The second-order valence-corrected chi connectivity index (χ2v) is 8.05. The molecule has 17 heteroatoms. The van der Waals surface area contributed by atoms with Gasteiger partial charge in [-0.1, -0.05) is 0 Å². The highest BCUT2D eigenvalue weighted by atomic mass is 16.6. The number of carbonyl (C=O) groups excluding carboxylic acids is 3. The number of nitrogens with zero attached hydrogens (tertiary/aromatic N) is 1. The minimum absolute atomic E-state index is 0.232. The summed E-state index contributed by atoms with van der Waals surface area (Å²) in [5.41, 5.74) is 5.45. The van der Waals surface area contributed by atoms with Crippen molar-refractivity contribution >= 4 is 24.1 Å². The molecule has 2 saturated heterocycles. The number of carbonyl (C=O) groups is 2. The molecule has 2 fully saturated rings. The summed E-state index contributed by atoms with van der Waals surface area (Å²) in [6.07, 6.45) is -8.77. The van der Waals surface area contributed by atoms with Crippen LogP contribution in [-0.2, 0) is 19.1 Å². The molecule has 2 heterocycles. The Balaban J connectivity index is 2.36. The van der Waals surface area contributed by atoms with Crippen molar-refractivity contribution in [3.05, 3.63) is 0 Å². The zero-order valence-corrected chi connectivity index (χ0v) is 18.4. The van der Waals surface area contributed by atoms with Gasteiger partial charge in [0.05, 0.1) is 25.9 Å². The molecule has 199 valence electrons. The van der Waals surface area contributed by atoms with Gasteiger partial charge in [-0.3, -0.25) is 19.8 Å². The lowest BCUT2D eigenvalue weighted by molar-refractivity contribution is -0.260. The molecule has 0 aromatic carbocycles. The van der Waals surface area contributed by atoms with Crippen molar-refractivity contribution in [1.82, 2.24) is 20.9 Å². The third-order valence-corrected chi connectivity index (χ3v) is 5.73. The van der Waals surface area contributed by atoms with Gasteiger partial charge < -0.3 is 67.1 Å². The van der Waals surface area contributed by atoms with Gasteiger partial charge in [-0.2, -0.15) is 0 Å². The maximum Gasteiger partial charge on any atom is 0.246 e. The molecule has 2 aliphatic rings. The average Bonchev–Trinajstić information content (AvgIpc) is 3.24. The Morgan fingerprint density at radius 3 is 2.34 bits per heavy atom. The van der Waals surface area contributed by atoms with E-state index in [1.165, 1.54) is 6.29 Å². The van der Waals surface area contributed by atoms with E-state index in [0.717, 1.165) is 4.90 Å². The monoisotopic (exact) mass is 507 g/mol. The molecule has 10 atom stereocenters. The smallest absolute Gasteiger partial charge is 0.246 e. The highest BCUT2D eigenvalue weighted by Gasteiger charge is 2.52. The third kappa shape index (κ3) is 6.21. The molecule has 2 aliphatic heterocycles. The molecule has 0 saturated carbocycles. The predicted molar refractivity (Wildman–Crippen MR) is 113 cm³/mol. The molecular weight excluding hydrogens is 476 g/mol. The fourth-order valence-corrected chi connectivity index (χ4v) is 3.72. The molecule has 2 unspecified atom stereocenters. The fourth-order valence-electron chi connectivity index (χ4n) is 3.72. The first-order valence-electron chi connectivity index (χ1n) is 10.6. The first-order chi connectivity index (χ1) is 16.5. The van der Waals surface area contributed by atoms with E-state index in [1.54, 1.807) is 0 Å². The summed E-state index contributed by atoms with van der Waals surface area (Å²) >= 11 is 0. The van der Waals surface area contributed by atoms with Gasteiger partial charge in [0.25, 0.3) is 0 Å². The van der Waals surface area contributed by atoms with Crippen LogP contribution in [0, 0.1) is 5.41 Å². The molecule has 2 rings (SSSR count). The summed E-state index contributed by atoms with van der Waals surface area (Å²) in [5.74, 6) is -2.63. The lowest BCUT2D eigenvalue weighted by Gasteiger charge is -2.46. The fraction of sp³-hybridized carbons (Fsp3) is 0.778. The lowest BCUT2D eigenvalue weighted by atomic mass is 9.95. The van der Waals surface area contributed by atoms with Gasteiger partial charge in [-0.15, -0.1) is 0 Å². The molecule has 35 heavy (non-hydrogen) atoms. The van der Waals surface area contributed by atoms with E-state index in [4.69, 9.17) is 26.1 Å². The maximum absolute atomic E-state index is 12.8. The van der Waals surface area contributed by atoms with Crippen LogP contribution < -0.4 is 21.7 Å². The topological polar surface area (TPSA) is 291 Å². The number of nitrogens with two attached hydrogens (primary N) is 1. The van der Waals surface area contributed by atoms with Gasteiger partial charge in [-0.25, -0.2) is 0 Å². The molecule has 0 aromatic heterocycles. The van der Waals surface area contributed by atoms with Crippen LogP contribution in [0.1, 0.15) is 0 Å².